The molecule has 4 rings (SSSR count). The highest BCUT2D eigenvalue weighted by molar-refractivity contribution is 6.23. The van der Waals surface area contributed by atoms with E-state index in [-0.39, 0.29) is 5.76 Å². The number of aryl methyl sites for hydroxylation is 1. The van der Waals surface area contributed by atoms with Crippen LogP contribution in [0.25, 0.3) is 16.6 Å². The zero-order valence-corrected chi connectivity index (χ0v) is 14.0. The fourth-order valence-electron chi connectivity index (χ4n) is 3.30. The summed E-state index contributed by atoms with van der Waals surface area (Å²) in [6, 6.07) is 11.7. The topological polar surface area (TPSA) is 78.0 Å². The molecular weight excluding hydrogens is 314 g/mol. The first kappa shape index (κ1) is 15.4. The number of rotatable bonds is 4. The van der Waals surface area contributed by atoms with Crippen molar-refractivity contribution in [1.82, 2.24) is 19.4 Å². The number of amidine groups is 1. The van der Waals surface area contributed by atoms with E-state index in [0.717, 1.165) is 23.1 Å². The molecule has 0 unspecified atom stereocenters. The van der Waals surface area contributed by atoms with Crippen molar-refractivity contribution in [2.24, 2.45) is 0 Å². The zero-order valence-electron chi connectivity index (χ0n) is 14.0. The van der Waals surface area contributed by atoms with Crippen LogP contribution in [-0.2, 0) is 13.1 Å². The van der Waals surface area contributed by atoms with Gasteiger partial charge in [-0.15, -0.1) is 0 Å². The van der Waals surface area contributed by atoms with Gasteiger partial charge in [0, 0.05) is 25.5 Å². The molecule has 1 aliphatic rings. The van der Waals surface area contributed by atoms with Crippen molar-refractivity contribution in [3.05, 3.63) is 65.9 Å². The Kier molecular flexibility index (Phi) is 3.72. The van der Waals surface area contributed by atoms with Gasteiger partial charge in [-0.3, -0.25) is 10.4 Å². The quantitative estimate of drug-likeness (QED) is 0.768. The summed E-state index contributed by atoms with van der Waals surface area (Å²) in [5.74, 6) is 1.16. The number of hydrogen-bond donors (Lipinski definition) is 2. The van der Waals surface area contributed by atoms with Gasteiger partial charge in [-0.1, -0.05) is 12.1 Å². The molecule has 25 heavy (non-hydrogen) atoms. The van der Waals surface area contributed by atoms with Crippen LogP contribution in [0.2, 0.25) is 0 Å². The summed E-state index contributed by atoms with van der Waals surface area (Å²) in [7, 11) is 0. The fraction of sp³-hybridized carbons (Fsp3) is 0.211. The Morgan fingerprint density at radius 3 is 2.68 bits per heavy atom. The third kappa shape index (κ3) is 2.55. The monoisotopic (exact) mass is 333 g/mol. The Morgan fingerprint density at radius 1 is 1.16 bits per heavy atom. The fourth-order valence-corrected chi connectivity index (χ4v) is 3.30. The molecule has 126 valence electrons. The van der Waals surface area contributed by atoms with Crippen molar-refractivity contribution in [3.8, 4) is 0 Å². The lowest BCUT2D eigenvalue weighted by molar-refractivity contribution is 0.347. The van der Waals surface area contributed by atoms with Crippen molar-refractivity contribution in [2.75, 3.05) is 6.54 Å². The first-order valence-electron chi connectivity index (χ1n) is 8.29. The molecule has 2 aromatic heterocycles. The van der Waals surface area contributed by atoms with Crippen LogP contribution in [0.5, 0.6) is 0 Å². The van der Waals surface area contributed by atoms with Gasteiger partial charge in [0.1, 0.15) is 17.4 Å². The molecule has 0 spiro atoms. The van der Waals surface area contributed by atoms with Crippen LogP contribution in [0.4, 0.5) is 0 Å². The van der Waals surface area contributed by atoms with Crippen LogP contribution in [0.3, 0.4) is 0 Å². The SMILES string of the molecule is CCn1c(C2=C(O)CN(Cc3ccncc3)C2=N)nc2ccccc21. The highest BCUT2D eigenvalue weighted by atomic mass is 16.3. The molecule has 6 nitrogen and oxygen atoms in total. The number of benzene rings is 1. The molecule has 0 amide bonds. The molecule has 0 radical (unpaired) electrons. The van der Waals surface area contributed by atoms with Gasteiger partial charge < -0.3 is 14.6 Å². The average molecular weight is 333 g/mol. The van der Waals surface area contributed by atoms with E-state index >= 15 is 0 Å². The maximum absolute atomic E-state index is 10.5. The Bertz CT molecular complexity index is 974. The van der Waals surface area contributed by atoms with Gasteiger partial charge in [-0.25, -0.2) is 4.98 Å². The number of aliphatic hydroxyl groups is 1. The van der Waals surface area contributed by atoms with E-state index in [0.29, 0.717) is 30.3 Å². The molecule has 0 saturated carbocycles. The van der Waals surface area contributed by atoms with Crippen molar-refractivity contribution in [3.63, 3.8) is 0 Å². The molecule has 0 saturated heterocycles. The molecule has 1 aromatic carbocycles. The number of nitrogens with one attached hydrogen (secondary N) is 1. The third-order valence-corrected chi connectivity index (χ3v) is 4.50. The van der Waals surface area contributed by atoms with Gasteiger partial charge in [0.25, 0.3) is 0 Å². The molecule has 3 aromatic rings. The number of imidazole rings is 1. The summed E-state index contributed by atoms with van der Waals surface area (Å²) in [6.45, 7) is 3.65. The Labute approximate surface area is 145 Å². The third-order valence-electron chi connectivity index (χ3n) is 4.50. The van der Waals surface area contributed by atoms with Crippen LogP contribution in [0, 0.1) is 5.41 Å². The number of fused-ring (bicyclic) bond motifs is 1. The number of para-hydroxylation sites is 2. The first-order valence-corrected chi connectivity index (χ1v) is 8.29. The predicted molar refractivity (Wildman–Crippen MR) is 97.3 cm³/mol. The van der Waals surface area contributed by atoms with Gasteiger partial charge >= 0.3 is 0 Å². The average Bonchev–Trinajstić information content (AvgIpc) is 3.12. The lowest BCUT2D eigenvalue weighted by Gasteiger charge is -2.18. The largest absolute Gasteiger partial charge is 0.510 e. The van der Waals surface area contributed by atoms with Gasteiger partial charge in [0.15, 0.2) is 0 Å². The minimum Gasteiger partial charge on any atom is -0.510 e. The van der Waals surface area contributed by atoms with E-state index in [1.807, 2.05) is 52.8 Å². The van der Waals surface area contributed by atoms with Crippen LogP contribution >= 0.6 is 0 Å². The summed E-state index contributed by atoms with van der Waals surface area (Å²) in [4.78, 5) is 10.5. The smallest absolute Gasteiger partial charge is 0.148 e. The highest BCUT2D eigenvalue weighted by Gasteiger charge is 2.31. The Hall–Kier alpha value is -3.15. The van der Waals surface area contributed by atoms with Crippen LogP contribution in [0.15, 0.2) is 54.6 Å². The number of hydrogen-bond acceptors (Lipinski definition) is 4. The Morgan fingerprint density at radius 2 is 1.92 bits per heavy atom. The van der Waals surface area contributed by atoms with Crippen LogP contribution < -0.4 is 0 Å². The van der Waals surface area contributed by atoms with E-state index in [1.165, 1.54) is 0 Å². The molecular formula is C19H19N5O. The molecule has 3 heterocycles. The van der Waals surface area contributed by atoms with E-state index in [4.69, 9.17) is 5.41 Å². The molecule has 6 heteroatoms. The zero-order chi connectivity index (χ0) is 17.4. The van der Waals surface area contributed by atoms with Gasteiger partial charge in [0.2, 0.25) is 0 Å². The Balaban J connectivity index is 1.71. The second-order valence-electron chi connectivity index (χ2n) is 6.05. The van der Waals surface area contributed by atoms with Gasteiger partial charge in [-0.2, -0.15) is 0 Å². The van der Waals surface area contributed by atoms with Crippen LogP contribution in [0.1, 0.15) is 18.3 Å². The van der Waals surface area contributed by atoms with Gasteiger partial charge in [0.05, 0.1) is 23.2 Å². The standard InChI is InChI=1S/C19H19N5O/c1-2-24-15-6-4-3-5-14(15)22-19(24)17-16(25)12-23(18(17)20)11-13-7-9-21-10-8-13/h3-10,20,25H,2,11-12H2,1H3. The van der Waals surface area contributed by atoms with Crippen molar-refractivity contribution >= 4 is 22.4 Å². The number of aliphatic hydroxyl groups excluding tert-OH is 1. The normalized spacial score (nSPS) is 14.8. The lowest BCUT2D eigenvalue weighted by Crippen LogP contribution is -2.26. The minimum atomic E-state index is 0.198. The van der Waals surface area contributed by atoms with Crippen molar-refractivity contribution in [1.29, 1.82) is 5.41 Å². The van der Waals surface area contributed by atoms with E-state index in [2.05, 4.69) is 9.97 Å². The second-order valence-corrected chi connectivity index (χ2v) is 6.05. The molecule has 0 aliphatic carbocycles. The van der Waals surface area contributed by atoms with E-state index < -0.39 is 0 Å². The van der Waals surface area contributed by atoms with Crippen molar-refractivity contribution < 1.29 is 5.11 Å². The molecule has 0 atom stereocenters. The maximum Gasteiger partial charge on any atom is 0.148 e. The number of aromatic nitrogens is 3. The van der Waals surface area contributed by atoms with Gasteiger partial charge in [-0.05, 0) is 36.8 Å². The maximum atomic E-state index is 10.5. The predicted octanol–water partition coefficient (Wildman–Crippen LogP) is 3.21. The van der Waals surface area contributed by atoms with E-state index in [9.17, 15) is 5.11 Å². The number of nitrogens with zero attached hydrogens (tertiary/aromatic N) is 4. The summed E-state index contributed by atoms with van der Waals surface area (Å²) >= 11 is 0. The summed E-state index contributed by atoms with van der Waals surface area (Å²) < 4.78 is 2.05. The highest BCUT2D eigenvalue weighted by Crippen LogP contribution is 2.30. The van der Waals surface area contributed by atoms with Crippen LogP contribution in [-0.4, -0.2) is 36.9 Å². The minimum absolute atomic E-state index is 0.198. The van der Waals surface area contributed by atoms with E-state index in [1.54, 1.807) is 12.4 Å². The second kappa shape index (κ2) is 6.05. The summed E-state index contributed by atoms with van der Waals surface area (Å²) in [6.07, 6.45) is 3.47. The first-order chi connectivity index (χ1) is 12.2. The number of pyridine rings is 1. The summed E-state index contributed by atoms with van der Waals surface area (Å²) in [5, 5.41) is 19.1. The molecule has 2 N–H and O–H groups in total. The molecule has 1 aliphatic heterocycles. The molecule has 0 fully saturated rings. The summed E-state index contributed by atoms with van der Waals surface area (Å²) in [5.41, 5.74) is 3.46. The molecule has 0 bridgehead atoms. The van der Waals surface area contributed by atoms with Crippen molar-refractivity contribution in [2.45, 2.75) is 20.0 Å². The lowest BCUT2D eigenvalue weighted by atomic mass is 10.2.